The van der Waals surface area contributed by atoms with Crippen LogP contribution in [0.25, 0.3) is 0 Å². The number of carbonyl (C=O) groups is 1. The van der Waals surface area contributed by atoms with Crippen LogP contribution in [0.4, 0.5) is 26.3 Å². The van der Waals surface area contributed by atoms with Gasteiger partial charge in [-0.15, -0.1) is 0 Å². The first-order valence-electron chi connectivity index (χ1n) is 5.82. The molecule has 136 valence electrons. The Bertz CT molecular complexity index is 731. The maximum Gasteiger partial charge on any atom is 0.416 e. The van der Waals surface area contributed by atoms with Crippen molar-refractivity contribution in [1.29, 1.82) is 0 Å². The van der Waals surface area contributed by atoms with E-state index in [1.54, 1.807) is 0 Å². The van der Waals surface area contributed by atoms with Gasteiger partial charge in [0.05, 0.1) is 16.9 Å². The number of rotatable bonds is 5. The molecule has 2 N–H and O–H groups in total. The van der Waals surface area contributed by atoms with Crippen LogP contribution in [0, 0.1) is 0 Å². The Kier molecular flexibility index (Phi) is 5.93. The molecule has 0 aliphatic carbocycles. The van der Waals surface area contributed by atoms with Crippen LogP contribution < -0.4 is 4.72 Å². The van der Waals surface area contributed by atoms with Gasteiger partial charge in [-0.25, -0.2) is 8.42 Å². The summed E-state index contributed by atoms with van der Waals surface area (Å²) in [5.41, 5.74) is -1.40. The van der Waals surface area contributed by atoms with Crippen molar-refractivity contribution in [3.8, 4) is 0 Å². The van der Waals surface area contributed by atoms with Crippen molar-refractivity contribution in [3.63, 3.8) is 0 Å². The van der Waals surface area contributed by atoms with Crippen molar-refractivity contribution in [2.75, 3.05) is 0 Å². The third-order valence-corrected chi connectivity index (χ3v) is 5.08. The Morgan fingerprint density at radius 3 is 2.17 bits per heavy atom. The van der Waals surface area contributed by atoms with Gasteiger partial charge in [0.15, 0.2) is 0 Å². The number of carboxylic acids is 1. The number of aliphatic carboxylic acids is 1. The highest BCUT2D eigenvalue weighted by atomic mass is 79.9. The van der Waals surface area contributed by atoms with Crippen LogP contribution >= 0.6 is 15.9 Å². The molecule has 0 saturated carbocycles. The van der Waals surface area contributed by atoms with E-state index in [1.807, 2.05) is 0 Å². The molecule has 0 aromatic heterocycles. The summed E-state index contributed by atoms with van der Waals surface area (Å²) < 4.78 is 101. The fraction of sp³-hybridized carbons (Fsp3) is 0.364. The number of hydrogen-bond acceptors (Lipinski definition) is 3. The molecule has 0 aliphatic rings. The van der Waals surface area contributed by atoms with E-state index in [4.69, 9.17) is 5.11 Å². The molecule has 0 aliphatic heterocycles. The van der Waals surface area contributed by atoms with E-state index >= 15 is 0 Å². The van der Waals surface area contributed by atoms with Gasteiger partial charge in [0.2, 0.25) is 10.0 Å². The number of halogens is 7. The van der Waals surface area contributed by atoms with E-state index < -0.39 is 55.7 Å². The molecule has 1 aromatic carbocycles. The number of sulfonamides is 1. The highest BCUT2D eigenvalue weighted by Crippen LogP contribution is 2.34. The molecule has 0 bridgehead atoms. The first-order valence-corrected chi connectivity index (χ1v) is 8.10. The van der Waals surface area contributed by atoms with Crippen LogP contribution in [0.5, 0.6) is 0 Å². The number of hydrogen-bond donors (Lipinski definition) is 2. The maximum atomic E-state index is 12.7. The molecule has 0 saturated heterocycles. The zero-order valence-corrected chi connectivity index (χ0v) is 13.6. The topological polar surface area (TPSA) is 83.5 Å². The van der Waals surface area contributed by atoms with Crippen LogP contribution in [0.15, 0.2) is 27.6 Å². The second-order valence-corrected chi connectivity index (χ2v) is 6.99. The molecule has 5 nitrogen and oxygen atoms in total. The van der Waals surface area contributed by atoms with Gasteiger partial charge in [-0.1, -0.05) is 0 Å². The van der Waals surface area contributed by atoms with E-state index in [1.165, 1.54) is 0 Å². The number of alkyl halides is 6. The summed E-state index contributed by atoms with van der Waals surface area (Å²) >= 11 is 2.64. The average Bonchev–Trinajstić information content (AvgIpc) is 2.34. The highest BCUT2D eigenvalue weighted by molar-refractivity contribution is 9.10. The standard InChI is InChI=1S/C11H8BrF6NO4S/c12-6-2-1-5(10(13,14)15)3-7(6)24(22,23)19-8(4-9(20)21)11(16,17)18/h1-3,8,19H,4H2,(H,20,21). The minimum Gasteiger partial charge on any atom is -0.481 e. The fourth-order valence-electron chi connectivity index (χ4n) is 1.54. The monoisotopic (exact) mass is 443 g/mol. The van der Waals surface area contributed by atoms with Gasteiger partial charge in [-0.2, -0.15) is 31.1 Å². The molecule has 1 rings (SSSR count). The Morgan fingerprint density at radius 2 is 1.75 bits per heavy atom. The first-order chi connectivity index (χ1) is 10.6. The molecule has 0 heterocycles. The minimum atomic E-state index is -5.25. The molecule has 13 heteroatoms. The van der Waals surface area contributed by atoms with Crippen molar-refractivity contribution < 1.29 is 44.7 Å². The van der Waals surface area contributed by atoms with Gasteiger partial charge in [0.25, 0.3) is 0 Å². The maximum absolute atomic E-state index is 12.7. The van der Waals surface area contributed by atoms with Crippen molar-refractivity contribution >= 4 is 31.9 Å². The van der Waals surface area contributed by atoms with E-state index in [-0.39, 0.29) is 6.07 Å². The molecule has 0 fully saturated rings. The van der Waals surface area contributed by atoms with Crippen LogP contribution in [0.3, 0.4) is 0 Å². The molecule has 0 spiro atoms. The smallest absolute Gasteiger partial charge is 0.416 e. The van der Waals surface area contributed by atoms with E-state index in [0.29, 0.717) is 12.1 Å². The third kappa shape index (κ3) is 5.34. The SMILES string of the molecule is O=C(O)CC(NS(=O)(=O)c1cc(C(F)(F)F)ccc1Br)C(F)(F)F. The normalized spacial score (nSPS) is 14.5. The van der Waals surface area contributed by atoms with Crippen LogP contribution in [0.2, 0.25) is 0 Å². The first kappa shape index (κ1) is 20.7. The minimum absolute atomic E-state index is 0.140. The molecule has 1 aromatic rings. The predicted octanol–water partition coefficient (Wildman–Crippen LogP) is 3.15. The van der Waals surface area contributed by atoms with Gasteiger partial charge < -0.3 is 5.11 Å². The van der Waals surface area contributed by atoms with Crippen molar-refractivity contribution in [1.82, 2.24) is 4.72 Å². The van der Waals surface area contributed by atoms with Crippen molar-refractivity contribution in [3.05, 3.63) is 28.2 Å². The van der Waals surface area contributed by atoms with Crippen LogP contribution in [-0.2, 0) is 21.0 Å². The number of nitrogens with one attached hydrogen (secondary N) is 1. The van der Waals surface area contributed by atoms with E-state index in [9.17, 15) is 39.6 Å². The molecular weight excluding hydrogens is 436 g/mol. The lowest BCUT2D eigenvalue weighted by molar-refractivity contribution is -0.163. The zero-order valence-electron chi connectivity index (χ0n) is 11.2. The number of carboxylic acid groups (broad SMARTS) is 1. The molecular formula is C11H8BrF6NO4S. The second kappa shape index (κ2) is 6.88. The Labute approximate surface area is 139 Å². The van der Waals surface area contributed by atoms with Gasteiger partial charge in [0, 0.05) is 4.47 Å². The summed E-state index contributed by atoms with van der Waals surface area (Å²) in [5.74, 6) is -1.94. The Balaban J connectivity index is 3.31. The van der Waals surface area contributed by atoms with E-state index in [0.717, 1.165) is 4.72 Å². The largest absolute Gasteiger partial charge is 0.481 e. The fourth-order valence-corrected chi connectivity index (χ4v) is 3.75. The summed E-state index contributed by atoms with van der Waals surface area (Å²) in [6.45, 7) is 0. The molecule has 0 amide bonds. The summed E-state index contributed by atoms with van der Waals surface area (Å²) in [6.07, 6.45) is -11.8. The quantitative estimate of drug-likeness (QED) is 0.684. The molecule has 0 radical (unpaired) electrons. The van der Waals surface area contributed by atoms with Crippen LogP contribution in [-0.4, -0.2) is 31.7 Å². The predicted molar refractivity (Wildman–Crippen MR) is 71.6 cm³/mol. The summed E-state index contributed by atoms with van der Waals surface area (Å²) in [4.78, 5) is 9.34. The van der Waals surface area contributed by atoms with Crippen LogP contribution in [0.1, 0.15) is 12.0 Å². The lowest BCUT2D eigenvalue weighted by atomic mass is 10.2. The summed E-state index contributed by atoms with van der Waals surface area (Å²) in [6, 6.07) is -1.62. The molecule has 24 heavy (non-hydrogen) atoms. The van der Waals surface area contributed by atoms with E-state index in [2.05, 4.69) is 15.9 Å². The molecule has 1 atom stereocenters. The second-order valence-electron chi connectivity index (χ2n) is 4.46. The van der Waals surface area contributed by atoms with Gasteiger partial charge in [0.1, 0.15) is 6.04 Å². The van der Waals surface area contributed by atoms with Gasteiger partial charge in [-0.3, -0.25) is 4.79 Å². The molecule has 1 unspecified atom stereocenters. The zero-order chi connectivity index (χ0) is 18.9. The lowest BCUT2D eigenvalue weighted by Crippen LogP contribution is -2.46. The highest BCUT2D eigenvalue weighted by Gasteiger charge is 2.44. The van der Waals surface area contributed by atoms with Gasteiger partial charge in [-0.05, 0) is 34.1 Å². The third-order valence-electron chi connectivity index (χ3n) is 2.62. The Morgan fingerprint density at radius 1 is 1.21 bits per heavy atom. The lowest BCUT2D eigenvalue weighted by Gasteiger charge is -2.20. The summed E-state index contributed by atoms with van der Waals surface area (Å²) in [5, 5.41) is 8.43. The average molecular weight is 444 g/mol. The number of benzene rings is 1. The van der Waals surface area contributed by atoms with Gasteiger partial charge >= 0.3 is 18.3 Å². The van der Waals surface area contributed by atoms with Crippen molar-refractivity contribution in [2.45, 2.75) is 29.7 Å². The summed E-state index contributed by atoms with van der Waals surface area (Å²) in [7, 11) is -5.08. The Hall–Kier alpha value is -1.34. The van der Waals surface area contributed by atoms with Crippen molar-refractivity contribution in [2.24, 2.45) is 0 Å².